The van der Waals surface area contributed by atoms with E-state index in [1.807, 2.05) is 18.2 Å². The average molecular weight is 246 g/mol. The third kappa shape index (κ3) is 2.51. The number of aryl methyl sites for hydroxylation is 2. The van der Waals surface area contributed by atoms with Gasteiger partial charge >= 0.3 is 0 Å². The van der Waals surface area contributed by atoms with Gasteiger partial charge in [0.05, 0.1) is 0 Å². The summed E-state index contributed by atoms with van der Waals surface area (Å²) in [5, 5.41) is 0.800. The van der Waals surface area contributed by atoms with Crippen LogP contribution in [-0.2, 0) is 6.54 Å². The predicted octanol–water partition coefficient (Wildman–Crippen LogP) is 4.08. The average Bonchev–Trinajstić information content (AvgIpc) is 2.34. The number of hydrogen-bond donors (Lipinski definition) is 1. The molecule has 0 fully saturated rings. The molecular weight excluding hydrogens is 230 g/mol. The van der Waals surface area contributed by atoms with E-state index in [0.29, 0.717) is 6.54 Å². The van der Waals surface area contributed by atoms with E-state index in [1.165, 1.54) is 11.1 Å². The summed E-state index contributed by atoms with van der Waals surface area (Å²) in [6.45, 7) is 4.74. The molecule has 0 saturated heterocycles. The van der Waals surface area contributed by atoms with E-state index in [-0.39, 0.29) is 0 Å². The summed E-state index contributed by atoms with van der Waals surface area (Å²) in [5.41, 5.74) is 11.4. The zero-order chi connectivity index (χ0) is 12.4. The molecule has 0 amide bonds. The summed E-state index contributed by atoms with van der Waals surface area (Å²) < 4.78 is 0. The molecule has 0 saturated carbocycles. The zero-order valence-corrected chi connectivity index (χ0v) is 10.9. The van der Waals surface area contributed by atoms with Crippen molar-refractivity contribution in [1.82, 2.24) is 0 Å². The lowest BCUT2D eigenvalue weighted by Gasteiger charge is -2.09. The highest BCUT2D eigenvalue weighted by atomic mass is 35.5. The first-order valence-corrected chi connectivity index (χ1v) is 6.05. The molecule has 2 rings (SSSR count). The van der Waals surface area contributed by atoms with E-state index in [1.54, 1.807) is 0 Å². The van der Waals surface area contributed by atoms with Crippen LogP contribution in [0.25, 0.3) is 11.1 Å². The molecule has 17 heavy (non-hydrogen) atoms. The van der Waals surface area contributed by atoms with Crippen molar-refractivity contribution in [2.45, 2.75) is 20.4 Å². The van der Waals surface area contributed by atoms with Crippen LogP contribution in [0.5, 0.6) is 0 Å². The SMILES string of the molecule is Cc1cc(Cl)c(-c2ccc(CN)cc2)cc1C. The maximum atomic E-state index is 6.28. The highest BCUT2D eigenvalue weighted by Crippen LogP contribution is 2.30. The lowest BCUT2D eigenvalue weighted by molar-refractivity contribution is 1.07. The Morgan fingerprint density at radius 1 is 1.00 bits per heavy atom. The Morgan fingerprint density at radius 3 is 2.18 bits per heavy atom. The van der Waals surface area contributed by atoms with Crippen molar-refractivity contribution in [2.75, 3.05) is 0 Å². The Bertz CT molecular complexity index is 529. The van der Waals surface area contributed by atoms with Crippen LogP contribution in [0.2, 0.25) is 5.02 Å². The molecule has 0 aromatic heterocycles. The molecule has 0 unspecified atom stereocenters. The lowest BCUT2D eigenvalue weighted by atomic mass is 9.99. The number of hydrogen-bond acceptors (Lipinski definition) is 1. The van der Waals surface area contributed by atoms with Crippen molar-refractivity contribution in [2.24, 2.45) is 5.73 Å². The first-order valence-electron chi connectivity index (χ1n) is 5.68. The largest absolute Gasteiger partial charge is 0.326 e. The van der Waals surface area contributed by atoms with Gasteiger partial charge in [0, 0.05) is 17.1 Å². The Balaban J connectivity index is 2.48. The molecule has 0 bridgehead atoms. The van der Waals surface area contributed by atoms with Crippen molar-refractivity contribution in [3.63, 3.8) is 0 Å². The van der Waals surface area contributed by atoms with Crippen molar-refractivity contribution in [1.29, 1.82) is 0 Å². The van der Waals surface area contributed by atoms with Crippen LogP contribution in [0.1, 0.15) is 16.7 Å². The molecule has 0 aliphatic rings. The van der Waals surface area contributed by atoms with Crippen LogP contribution < -0.4 is 5.73 Å². The summed E-state index contributed by atoms with van der Waals surface area (Å²) in [6, 6.07) is 12.4. The Kier molecular flexibility index (Phi) is 3.51. The Labute approximate surface area is 107 Å². The minimum Gasteiger partial charge on any atom is -0.326 e. The molecule has 0 spiro atoms. The first kappa shape index (κ1) is 12.2. The zero-order valence-electron chi connectivity index (χ0n) is 10.1. The number of benzene rings is 2. The quantitative estimate of drug-likeness (QED) is 0.848. The van der Waals surface area contributed by atoms with Gasteiger partial charge in [-0.05, 0) is 48.2 Å². The van der Waals surface area contributed by atoms with Gasteiger partial charge in [-0.15, -0.1) is 0 Å². The van der Waals surface area contributed by atoms with Gasteiger partial charge in [0.15, 0.2) is 0 Å². The van der Waals surface area contributed by atoms with E-state index in [4.69, 9.17) is 17.3 Å². The molecule has 2 heteroatoms. The van der Waals surface area contributed by atoms with Gasteiger partial charge in [-0.2, -0.15) is 0 Å². The first-order chi connectivity index (χ1) is 8.11. The Hall–Kier alpha value is -1.31. The van der Waals surface area contributed by atoms with E-state index in [9.17, 15) is 0 Å². The topological polar surface area (TPSA) is 26.0 Å². The van der Waals surface area contributed by atoms with E-state index < -0.39 is 0 Å². The Morgan fingerprint density at radius 2 is 1.59 bits per heavy atom. The number of halogens is 1. The molecule has 0 atom stereocenters. The standard InChI is InChI=1S/C15H16ClN/c1-10-7-14(15(16)8-11(10)2)13-5-3-12(9-17)4-6-13/h3-8H,9,17H2,1-2H3. The van der Waals surface area contributed by atoms with Gasteiger partial charge in [-0.3, -0.25) is 0 Å². The molecule has 88 valence electrons. The van der Waals surface area contributed by atoms with E-state index >= 15 is 0 Å². The second-order valence-electron chi connectivity index (χ2n) is 4.32. The molecule has 1 nitrogen and oxygen atoms in total. The second kappa shape index (κ2) is 4.91. The predicted molar refractivity (Wildman–Crippen MR) is 74.3 cm³/mol. The van der Waals surface area contributed by atoms with Crippen LogP contribution in [0.4, 0.5) is 0 Å². The molecule has 0 radical (unpaired) electrons. The fraction of sp³-hybridized carbons (Fsp3) is 0.200. The van der Waals surface area contributed by atoms with Gasteiger partial charge < -0.3 is 5.73 Å². The minimum absolute atomic E-state index is 0.570. The van der Waals surface area contributed by atoms with E-state index in [0.717, 1.165) is 21.7 Å². The molecule has 0 aliphatic heterocycles. The molecular formula is C15H16ClN. The van der Waals surface area contributed by atoms with Crippen molar-refractivity contribution in [3.8, 4) is 11.1 Å². The van der Waals surface area contributed by atoms with Crippen molar-refractivity contribution < 1.29 is 0 Å². The highest BCUT2D eigenvalue weighted by molar-refractivity contribution is 6.33. The fourth-order valence-corrected chi connectivity index (χ4v) is 2.15. The second-order valence-corrected chi connectivity index (χ2v) is 4.72. The summed E-state index contributed by atoms with van der Waals surface area (Å²) in [4.78, 5) is 0. The van der Waals surface area contributed by atoms with Gasteiger partial charge in [-0.25, -0.2) is 0 Å². The normalized spacial score (nSPS) is 10.6. The maximum Gasteiger partial charge on any atom is 0.0487 e. The molecule has 2 aromatic rings. The van der Waals surface area contributed by atoms with Crippen molar-refractivity contribution in [3.05, 3.63) is 58.1 Å². The maximum absolute atomic E-state index is 6.28. The molecule has 2 aromatic carbocycles. The van der Waals surface area contributed by atoms with E-state index in [2.05, 4.69) is 32.0 Å². The third-order valence-corrected chi connectivity index (χ3v) is 3.40. The summed E-state index contributed by atoms with van der Waals surface area (Å²) >= 11 is 6.28. The van der Waals surface area contributed by atoms with Crippen LogP contribution in [0.3, 0.4) is 0 Å². The van der Waals surface area contributed by atoms with Gasteiger partial charge in [0.25, 0.3) is 0 Å². The van der Waals surface area contributed by atoms with Crippen LogP contribution in [-0.4, -0.2) is 0 Å². The van der Waals surface area contributed by atoms with Crippen molar-refractivity contribution >= 4 is 11.6 Å². The third-order valence-electron chi connectivity index (χ3n) is 3.08. The van der Waals surface area contributed by atoms with Gasteiger partial charge in [-0.1, -0.05) is 35.9 Å². The highest BCUT2D eigenvalue weighted by Gasteiger charge is 2.05. The summed E-state index contributed by atoms with van der Waals surface area (Å²) in [7, 11) is 0. The van der Waals surface area contributed by atoms with Crippen LogP contribution in [0.15, 0.2) is 36.4 Å². The molecule has 0 aliphatic carbocycles. The summed E-state index contributed by atoms with van der Waals surface area (Å²) in [6.07, 6.45) is 0. The smallest absolute Gasteiger partial charge is 0.0487 e. The molecule has 0 heterocycles. The molecule has 2 N–H and O–H groups in total. The minimum atomic E-state index is 0.570. The number of rotatable bonds is 2. The monoisotopic (exact) mass is 245 g/mol. The van der Waals surface area contributed by atoms with Crippen LogP contribution in [0, 0.1) is 13.8 Å². The lowest BCUT2D eigenvalue weighted by Crippen LogP contribution is -1.95. The van der Waals surface area contributed by atoms with Gasteiger partial charge in [0.2, 0.25) is 0 Å². The van der Waals surface area contributed by atoms with Crippen LogP contribution >= 0.6 is 11.6 Å². The number of nitrogens with two attached hydrogens (primary N) is 1. The van der Waals surface area contributed by atoms with Gasteiger partial charge in [0.1, 0.15) is 0 Å². The fourth-order valence-electron chi connectivity index (χ4n) is 1.82. The summed E-state index contributed by atoms with van der Waals surface area (Å²) in [5.74, 6) is 0.